The topological polar surface area (TPSA) is 23.8 Å². The van der Waals surface area contributed by atoms with Crippen LogP contribution in [0.15, 0.2) is 0 Å². The number of hydrogen-bond acceptors (Lipinski definition) is 1. The van der Waals surface area contributed by atoms with E-state index in [2.05, 4.69) is 13.0 Å². The predicted molar refractivity (Wildman–Crippen MR) is 43.9 cm³/mol. The first-order chi connectivity index (χ1) is 5.29. The molecule has 0 bridgehead atoms. The SMILES string of the molecule is CCC1(C2(C#N)CC2)CCC1. The molecule has 2 aliphatic rings. The summed E-state index contributed by atoms with van der Waals surface area (Å²) >= 11 is 0. The van der Waals surface area contributed by atoms with E-state index in [-0.39, 0.29) is 5.41 Å². The lowest BCUT2D eigenvalue weighted by atomic mass is 9.58. The quantitative estimate of drug-likeness (QED) is 0.592. The van der Waals surface area contributed by atoms with Gasteiger partial charge in [-0.3, -0.25) is 0 Å². The van der Waals surface area contributed by atoms with E-state index in [4.69, 9.17) is 5.26 Å². The molecular formula is C10H15N. The van der Waals surface area contributed by atoms with E-state index < -0.39 is 0 Å². The van der Waals surface area contributed by atoms with Gasteiger partial charge in [0.1, 0.15) is 0 Å². The van der Waals surface area contributed by atoms with Crippen molar-refractivity contribution in [2.24, 2.45) is 10.8 Å². The van der Waals surface area contributed by atoms with Gasteiger partial charge in [0, 0.05) is 0 Å². The second-order valence-corrected chi connectivity index (χ2v) is 4.18. The van der Waals surface area contributed by atoms with Crippen LogP contribution in [0.2, 0.25) is 0 Å². The van der Waals surface area contributed by atoms with Crippen LogP contribution >= 0.6 is 0 Å². The van der Waals surface area contributed by atoms with Crippen LogP contribution in [-0.2, 0) is 0 Å². The maximum atomic E-state index is 9.04. The van der Waals surface area contributed by atoms with Crippen molar-refractivity contribution in [1.29, 1.82) is 5.26 Å². The Morgan fingerprint density at radius 1 is 1.27 bits per heavy atom. The third-order valence-electron chi connectivity index (χ3n) is 3.97. The van der Waals surface area contributed by atoms with E-state index in [0.29, 0.717) is 5.41 Å². The Kier molecular flexibility index (Phi) is 1.30. The van der Waals surface area contributed by atoms with Crippen LogP contribution in [0.4, 0.5) is 0 Å². The fraction of sp³-hybridized carbons (Fsp3) is 0.900. The standard InChI is InChI=1S/C10H15N/c1-2-9(4-3-5-9)10(8-11)6-7-10/h2-7H2,1H3. The molecule has 0 unspecified atom stereocenters. The van der Waals surface area contributed by atoms with Crippen molar-refractivity contribution in [2.45, 2.75) is 45.4 Å². The highest BCUT2D eigenvalue weighted by molar-refractivity contribution is 5.20. The first-order valence-electron chi connectivity index (χ1n) is 4.70. The maximum absolute atomic E-state index is 9.04. The zero-order valence-electron chi connectivity index (χ0n) is 7.19. The second-order valence-electron chi connectivity index (χ2n) is 4.18. The van der Waals surface area contributed by atoms with E-state index in [1.807, 2.05) is 0 Å². The Bertz CT molecular complexity index is 198. The number of rotatable bonds is 2. The smallest absolute Gasteiger partial charge is 0.0695 e. The molecule has 2 saturated carbocycles. The molecule has 1 nitrogen and oxygen atoms in total. The molecule has 0 heterocycles. The Balaban J connectivity index is 2.19. The molecule has 60 valence electrons. The molecule has 11 heavy (non-hydrogen) atoms. The molecule has 0 amide bonds. The van der Waals surface area contributed by atoms with E-state index in [9.17, 15) is 0 Å². The predicted octanol–water partition coefficient (Wildman–Crippen LogP) is 2.87. The zero-order chi connectivity index (χ0) is 7.95. The molecule has 2 fully saturated rings. The van der Waals surface area contributed by atoms with Gasteiger partial charge in [-0.15, -0.1) is 0 Å². The maximum Gasteiger partial charge on any atom is 0.0695 e. The first-order valence-corrected chi connectivity index (χ1v) is 4.70. The molecule has 0 atom stereocenters. The molecule has 0 spiro atoms. The number of nitriles is 1. The summed E-state index contributed by atoms with van der Waals surface area (Å²) in [5.74, 6) is 0. The average molecular weight is 149 g/mol. The van der Waals surface area contributed by atoms with Crippen molar-refractivity contribution < 1.29 is 0 Å². The van der Waals surface area contributed by atoms with Gasteiger partial charge in [0.15, 0.2) is 0 Å². The van der Waals surface area contributed by atoms with Gasteiger partial charge < -0.3 is 0 Å². The average Bonchev–Trinajstić information content (AvgIpc) is 2.68. The fourth-order valence-corrected chi connectivity index (χ4v) is 2.66. The minimum absolute atomic E-state index is 0.139. The highest BCUT2D eigenvalue weighted by Gasteiger charge is 2.61. The van der Waals surface area contributed by atoms with Gasteiger partial charge in [-0.2, -0.15) is 5.26 Å². The van der Waals surface area contributed by atoms with Gasteiger partial charge >= 0.3 is 0 Å². The third kappa shape index (κ3) is 0.704. The van der Waals surface area contributed by atoms with Gasteiger partial charge in [-0.1, -0.05) is 13.3 Å². The lowest BCUT2D eigenvalue weighted by Gasteiger charge is -2.45. The molecule has 0 saturated heterocycles. The van der Waals surface area contributed by atoms with E-state index in [0.717, 1.165) is 0 Å². The van der Waals surface area contributed by atoms with Gasteiger partial charge in [0.05, 0.1) is 11.5 Å². The van der Waals surface area contributed by atoms with Crippen LogP contribution in [0.5, 0.6) is 0 Å². The monoisotopic (exact) mass is 149 g/mol. The molecule has 0 aromatic carbocycles. The molecule has 0 radical (unpaired) electrons. The lowest BCUT2D eigenvalue weighted by Crippen LogP contribution is -2.37. The van der Waals surface area contributed by atoms with Gasteiger partial charge in [0.2, 0.25) is 0 Å². The molecule has 1 heteroatoms. The Morgan fingerprint density at radius 2 is 1.91 bits per heavy atom. The molecular weight excluding hydrogens is 134 g/mol. The van der Waals surface area contributed by atoms with Crippen LogP contribution in [0.25, 0.3) is 0 Å². The van der Waals surface area contributed by atoms with Crippen molar-refractivity contribution >= 4 is 0 Å². The summed E-state index contributed by atoms with van der Waals surface area (Å²) in [7, 11) is 0. The summed E-state index contributed by atoms with van der Waals surface area (Å²) in [6, 6.07) is 2.55. The summed E-state index contributed by atoms with van der Waals surface area (Å²) in [5, 5.41) is 9.04. The van der Waals surface area contributed by atoms with Crippen molar-refractivity contribution in [2.75, 3.05) is 0 Å². The van der Waals surface area contributed by atoms with E-state index in [1.165, 1.54) is 38.5 Å². The van der Waals surface area contributed by atoms with E-state index >= 15 is 0 Å². The fourth-order valence-electron chi connectivity index (χ4n) is 2.66. The van der Waals surface area contributed by atoms with Gasteiger partial charge in [-0.05, 0) is 37.5 Å². The molecule has 0 aromatic heterocycles. The van der Waals surface area contributed by atoms with Crippen LogP contribution in [0, 0.1) is 22.2 Å². The summed E-state index contributed by atoms with van der Waals surface area (Å²) < 4.78 is 0. The van der Waals surface area contributed by atoms with Crippen LogP contribution in [-0.4, -0.2) is 0 Å². The van der Waals surface area contributed by atoms with Crippen molar-refractivity contribution in [3.8, 4) is 6.07 Å². The molecule has 0 aromatic rings. The van der Waals surface area contributed by atoms with Crippen molar-refractivity contribution in [3.63, 3.8) is 0 Å². The van der Waals surface area contributed by atoms with Gasteiger partial charge in [-0.25, -0.2) is 0 Å². The van der Waals surface area contributed by atoms with Gasteiger partial charge in [0.25, 0.3) is 0 Å². The second kappa shape index (κ2) is 2.00. The van der Waals surface area contributed by atoms with E-state index in [1.54, 1.807) is 0 Å². The number of nitrogens with zero attached hydrogens (tertiary/aromatic N) is 1. The Labute approximate surface area is 68.4 Å². The van der Waals surface area contributed by atoms with Crippen molar-refractivity contribution in [1.82, 2.24) is 0 Å². The summed E-state index contributed by atoms with van der Waals surface area (Å²) in [5.41, 5.74) is 0.599. The van der Waals surface area contributed by atoms with Crippen molar-refractivity contribution in [3.05, 3.63) is 0 Å². The zero-order valence-corrected chi connectivity index (χ0v) is 7.19. The molecule has 2 rings (SSSR count). The molecule has 0 N–H and O–H groups in total. The Hall–Kier alpha value is -0.510. The largest absolute Gasteiger partial charge is 0.198 e. The van der Waals surface area contributed by atoms with Crippen LogP contribution in [0.3, 0.4) is 0 Å². The summed E-state index contributed by atoms with van der Waals surface area (Å²) in [4.78, 5) is 0. The third-order valence-corrected chi connectivity index (χ3v) is 3.97. The first kappa shape index (κ1) is 7.16. The summed E-state index contributed by atoms with van der Waals surface area (Å²) in [6.07, 6.45) is 7.57. The number of hydrogen-bond donors (Lipinski definition) is 0. The minimum Gasteiger partial charge on any atom is -0.198 e. The summed E-state index contributed by atoms with van der Waals surface area (Å²) in [6.45, 7) is 2.25. The Morgan fingerprint density at radius 3 is 2.00 bits per heavy atom. The van der Waals surface area contributed by atoms with Crippen LogP contribution in [0.1, 0.15) is 45.4 Å². The minimum atomic E-state index is 0.139. The molecule has 2 aliphatic carbocycles. The molecule has 0 aliphatic heterocycles. The highest BCUT2D eigenvalue weighted by Crippen LogP contribution is 2.67. The highest BCUT2D eigenvalue weighted by atomic mass is 14.6. The lowest BCUT2D eigenvalue weighted by molar-refractivity contribution is 0.0581. The normalized spacial score (nSPS) is 30.2. The van der Waals surface area contributed by atoms with Crippen LogP contribution < -0.4 is 0 Å².